The average molecular weight is 398 g/mol. The zero-order chi connectivity index (χ0) is 19.3. The molecular weight excluding hydrogens is 376 g/mol. The summed E-state index contributed by atoms with van der Waals surface area (Å²) in [5, 5.41) is 13.1. The molecule has 28 heavy (non-hydrogen) atoms. The molecule has 0 radical (unpaired) electrons. The minimum Gasteiger partial charge on any atom is -0.453 e. The summed E-state index contributed by atoms with van der Waals surface area (Å²) in [4.78, 5) is 12.2. The maximum atomic E-state index is 12.2. The number of rotatable bonds is 8. The van der Waals surface area contributed by atoms with E-state index in [1.165, 1.54) is 11.8 Å². The summed E-state index contributed by atoms with van der Waals surface area (Å²) in [6.45, 7) is 5.68. The van der Waals surface area contributed by atoms with Gasteiger partial charge >= 0.3 is 0 Å². The number of hydrogen-bond acceptors (Lipinski definition) is 6. The van der Waals surface area contributed by atoms with Crippen molar-refractivity contribution >= 4 is 28.6 Å². The number of thioether (sulfide) groups is 1. The molecule has 1 aliphatic heterocycles. The fraction of sp³-hybridized carbons (Fsp3) is 0.350. The van der Waals surface area contributed by atoms with Gasteiger partial charge < -0.3 is 14.5 Å². The molecule has 3 aromatic rings. The molecule has 0 saturated carbocycles. The van der Waals surface area contributed by atoms with Gasteiger partial charge in [0, 0.05) is 25.1 Å². The number of benzene rings is 1. The molecule has 1 unspecified atom stereocenters. The van der Waals surface area contributed by atoms with Crippen LogP contribution in [0, 0.1) is 0 Å². The van der Waals surface area contributed by atoms with Crippen LogP contribution in [-0.4, -0.2) is 45.7 Å². The Labute approximate surface area is 167 Å². The number of nitrogens with zero attached hydrogens (tertiary/aromatic N) is 3. The maximum absolute atomic E-state index is 12.2. The van der Waals surface area contributed by atoms with E-state index in [0.717, 1.165) is 30.4 Å². The number of carbonyl (C=O) groups excluding carboxylic acids is 1. The lowest BCUT2D eigenvalue weighted by Gasteiger charge is -2.10. The summed E-state index contributed by atoms with van der Waals surface area (Å²) < 4.78 is 13.3. The molecule has 7 nitrogen and oxygen atoms in total. The van der Waals surface area contributed by atoms with Crippen molar-refractivity contribution in [2.75, 3.05) is 18.9 Å². The van der Waals surface area contributed by atoms with Gasteiger partial charge in [0.05, 0.1) is 11.9 Å². The number of fused-ring (bicyclic) bond motifs is 1. The predicted molar refractivity (Wildman–Crippen MR) is 108 cm³/mol. The normalized spacial score (nSPS) is 16.5. The van der Waals surface area contributed by atoms with Crippen LogP contribution >= 0.6 is 11.8 Å². The van der Waals surface area contributed by atoms with Gasteiger partial charge in [0.15, 0.2) is 10.9 Å². The van der Waals surface area contributed by atoms with Crippen LogP contribution in [0.2, 0.25) is 0 Å². The Bertz CT molecular complexity index is 942. The third kappa shape index (κ3) is 4.13. The summed E-state index contributed by atoms with van der Waals surface area (Å²) in [5.74, 6) is 1.49. The van der Waals surface area contributed by atoms with E-state index in [0.29, 0.717) is 29.8 Å². The molecule has 146 valence electrons. The molecule has 3 heterocycles. The molecule has 1 atom stereocenters. The second-order valence-electron chi connectivity index (χ2n) is 6.58. The van der Waals surface area contributed by atoms with Crippen LogP contribution < -0.4 is 5.32 Å². The number of carbonyl (C=O) groups is 1. The smallest absolute Gasteiger partial charge is 0.230 e. The van der Waals surface area contributed by atoms with Crippen LogP contribution in [0.25, 0.3) is 22.6 Å². The molecule has 0 bridgehead atoms. The van der Waals surface area contributed by atoms with E-state index >= 15 is 0 Å². The van der Waals surface area contributed by atoms with Crippen molar-refractivity contribution in [3.8, 4) is 11.6 Å². The Morgan fingerprint density at radius 3 is 3.07 bits per heavy atom. The molecule has 0 spiro atoms. The number of nitrogens with one attached hydrogen (secondary N) is 1. The zero-order valence-corrected chi connectivity index (χ0v) is 16.3. The summed E-state index contributed by atoms with van der Waals surface area (Å²) in [7, 11) is 0. The van der Waals surface area contributed by atoms with E-state index in [9.17, 15) is 4.79 Å². The quantitative estimate of drug-likeness (QED) is 0.463. The molecule has 4 rings (SSSR count). The van der Waals surface area contributed by atoms with Crippen molar-refractivity contribution in [3.05, 3.63) is 43.0 Å². The first-order valence-corrected chi connectivity index (χ1v) is 10.3. The Hall–Kier alpha value is -2.58. The third-order valence-electron chi connectivity index (χ3n) is 4.56. The fourth-order valence-corrected chi connectivity index (χ4v) is 3.96. The van der Waals surface area contributed by atoms with Gasteiger partial charge in [0.1, 0.15) is 5.58 Å². The maximum Gasteiger partial charge on any atom is 0.230 e. The molecule has 1 aliphatic rings. The Balaban J connectivity index is 1.45. The van der Waals surface area contributed by atoms with Crippen molar-refractivity contribution in [1.29, 1.82) is 0 Å². The van der Waals surface area contributed by atoms with E-state index in [4.69, 9.17) is 9.15 Å². The van der Waals surface area contributed by atoms with Crippen LogP contribution in [0.1, 0.15) is 12.8 Å². The molecular formula is C20H22N4O3S. The van der Waals surface area contributed by atoms with Gasteiger partial charge in [-0.25, -0.2) is 0 Å². The van der Waals surface area contributed by atoms with Crippen molar-refractivity contribution < 1.29 is 13.9 Å². The number of hydrogen-bond donors (Lipinski definition) is 1. The monoisotopic (exact) mass is 398 g/mol. The van der Waals surface area contributed by atoms with E-state index in [-0.39, 0.29) is 17.8 Å². The topological polar surface area (TPSA) is 82.2 Å². The molecule has 0 aliphatic carbocycles. The summed E-state index contributed by atoms with van der Waals surface area (Å²) in [6.07, 6.45) is 3.97. The van der Waals surface area contributed by atoms with Crippen LogP contribution in [-0.2, 0) is 16.1 Å². The van der Waals surface area contributed by atoms with Crippen LogP contribution in [0.5, 0.6) is 0 Å². The molecule has 1 N–H and O–H groups in total. The summed E-state index contributed by atoms with van der Waals surface area (Å²) in [6, 6.07) is 9.75. The summed E-state index contributed by atoms with van der Waals surface area (Å²) >= 11 is 1.35. The molecule has 1 amide bonds. The Morgan fingerprint density at radius 1 is 1.39 bits per heavy atom. The first kappa shape index (κ1) is 18.8. The first-order chi connectivity index (χ1) is 13.7. The van der Waals surface area contributed by atoms with E-state index in [1.54, 1.807) is 6.08 Å². The highest BCUT2D eigenvalue weighted by atomic mass is 32.2. The highest BCUT2D eigenvalue weighted by Crippen LogP contribution is 2.29. The number of allylic oxidation sites excluding steroid dienone is 1. The number of amides is 1. The van der Waals surface area contributed by atoms with Gasteiger partial charge in [-0.2, -0.15) is 0 Å². The highest BCUT2D eigenvalue weighted by molar-refractivity contribution is 7.99. The Morgan fingerprint density at radius 2 is 2.29 bits per heavy atom. The van der Waals surface area contributed by atoms with Crippen LogP contribution in [0.4, 0.5) is 0 Å². The minimum absolute atomic E-state index is 0.0426. The third-order valence-corrected chi connectivity index (χ3v) is 5.52. The zero-order valence-electron chi connectivity index (χ0n) is 15.5. The van der Waals surface area contributed by atoms with E-state index in [1.807, 2.05) is 34.9 Å². The predicted octanol–water partition coefficient (Wildman–Crippen LogP) is 3.26. The largest absolute Gasteiger partial charge is 0.453 e. The van der Waals surface area contributed by atoms with Gasteiger partial charge in [0.2, 0.25) is 11.7 Å². The lowest BCUT2D eigenvalue weighted by molar-refractivity contribution is -0.119. The summed E-state index contributed by atoms with van der Waals surface area (Å²) in [5.41, 5.74) is 0.799. The van der Waals surface area contributed by atoms with Gasteiger partial charge in [-0.15, -0.1) is 16.8 Å². The fourth-order valence-electron chi connectivity index (χ4n) is 3.18. The standard InChI is InChI=1S/C20H22N4O3S/c1-2-9-24-19(17-11-14-6-3-4-8-16(14)27-17)22-23-20(24)28-13-18(25)21-12-15-7-5-10-26-15/h2-4,6,8,11,15H,1,5,7,9-10,12-13H2,(H,21,25). The molecule has 1 fully saturated rings. The van der Waals surface area contributed by atoms with Gasteiger partial charge in [-0.3, -0.25) is 9.36 Å². The van der Waals surface area contributed by atoms with Gasteiger partial charge in [0.25, 0.3) is 0 Å². The molecule has 8 heteroatoms. The number of para-hydroxylation sites is 1. The van der Waals surface area contributed by atoms with Crippen LogP contribution in [0.15, 0.2) is 52.6 Å². The van der Waals surface area contributed by atoms with Crippen molar-refractivity contribution in [3.63, 3.8) is 0 Å². The van der Waals surface area contributed by atoms with E-state index < -0.39 is 0 Å². The lowest BCUT2D eigenvalue weighted by atomic mass is 10.2. The second kappa shape index (κ2) is 8.62. The molecule has 2 aromatic heterocycles. The first-order valence-electron chi connectivity index (χ1n) is 9.29. The molecule has 1 saturated heterocycles. The number of ether oxygens (including phenoxy) is 1. The van der Waals surface area contributed by atoms with Gasteiger partial charge in [-0.05, 0) is 25.0 Å². The van der Waals surface area contributed by atoms with Crippen molar-refractivity contribution in [2.45, 2.75) is 30.6 Å². The average Bonchev–Trinajstić information content (AvgIpc) is 3.44. The lowest BCUT2D eigenvalue weighted by Crippen LogP contribution is -2.32. The number of furan rings is 1. The van der Waals surface area contributed by atoms with Gasteiger partial charge in [-0.1, -0.05) is 36.0 Å². The number of aromatic nitrogens is 3. The SMILES string of the molecule is C=CCn1c(SCC(=O)NCC2CCCO2)nnc1-c1cc2ccccc2o1. The van der Waals surface area contributed by atoms with E-state index in [2.05, 4.69) is 22.1 Å². The van der Waals surface area contributed by atoms with Crippen LogP contribution in [0.3, 0.4) is 0 Å². The second-order valence-corrected chi connectivity index (χ2v) is 7.52. The molecule has 1 aromatic carbocycles. The minimum atomic E-state index is -0.0426. The Kier molecular flexibility index (Phi) is 5.78. The van der Waals surface area contributed by atoms with Crippen molar-refractivity contribution in [1.82, 2.24) is 20.1 Å². The highest BCUT2D eigenvalue weighted by Gasteiger charge is 2.19. The van der Waals surface area contributed by atoms with Crippen molar-refractivity contribution in [2.24, 2.45) is 0 Å².